The molecule has 2 rings (SSSR count). The molecule has 2 heterocycles. The molecule has 3 nitrogen and oxygen atoms in total. The number of aryl methyl sites for hydroxylation is 1. The highest BCUT2D eigenvalue weighted by Gasteiger charge is 2.16. The number of hydrogen-bond acceptors (Lipinski definition) is 3. The molecule has 0 saturated heterocycles. The van der Waals surface area contributed by atoms with Gasteiger partial charge in [0.15, 0.2) is 0 Å². The predicted molar refractivity (Wildman–Crippen MR) is 68.6 cm³/mol. The number of fused-ring (bicyclic) bond motifs is 1. The summed E-state index contributed by atoms with van der Waals surface area (Å²) < 4.78 is 0. The summed E-state index contributed by atoms with van der Waals surface area (Å²) in [7, 11) is 0. The van der Waals surface area contributed by atoms with Crippen LogP contribution < -0.4 is 5.56 Å². The first-order valence-corrected chi connectivity index (χ1v) is 6.47. The number of nitrogens with zero attached hydrogens (tertiary/aromatic N) is 1. The van der Waals surface area contributed by atoms with Gasteiger partial charge in [0.2, 0.25) is 0 Å². The SMILES string of the molecule is Cc1sc2nc(CCl)[nH]c(=O)c2c1C(C)C. The Morgan fingerprint density at radius 2 is 2.19 bits per heavy atom. The molecule has 16 heavy (non-hydrogen) atoms. The smallest absolute Gasteiger partial charge is 0.259 e. The minimum absolute atomic E-state index is 0.0753. The van der Waals surface area contributed by atoms with Gasteiger partial charge in [0.25, 0.3) is 5.56 Å². The number of nitrogens with one attached hydrogen (secondary N) is 1. The van der Waals surface area contributed by atoms with Crippen molar-refractivity contribution in [2.24, 2.45) is 0 Å². The van der Waals surface area contributed by atoms with Gasteiger partial charge in [-0.05, 0) is 18.4 Å². The van der Waals surface area contributed by atoms with Crippen LogP contribution in [0.1, 0.15) is 36.0 Å². The normalized spacial score (nSPS) is 11.6. The van der Waals surface area contributed by atoms with E-state index in [2.05, 4.69) is 23.8 Å². The summed E-state index contributed by atoms with van der Waals surface area (Å²) in [6.45, 7) is 6.20. The van der Waals surface area contributed by atoms with Crippen molar-refractivity contribution in [2.45, 2.75) is 32.6 Å². The molecule has 0 bridgehead atoms. The quantitative estimate of drug-likeness (QED) is 0.839. The number of aromatic amines is 1. The van der Waals surface area contributed by atoms with Gasteiger partial charge in [-0.15, -0.1) is 22.9 Å². The van der Waals surface area contributed by atoms with Crippen molar-refractivity contribution >= 4 is 33.2 Å². The summed E-state index contributed by atoms with van der Waals surface area (Å²) in [4.78, 5) is 21.0. The van der Waals surface area contributed by atoms with Gasteiger partial charge in [-0.3, -0.25) is 4.79 Å². The summed E-state index contributed by atoms with van der Waals surface area (Å²) in [5.74, 6) is 1.10. The largest absolute Gasteiger partial charge is 0.309 e. The maximum Gasteiger partial charge on any atom is 0.259 e. The summed E-state index contributed by atoms with van der Waals surface area (Å²) in [5.41, 5.74) is 1.03. The van der Waals surface area contributed by atoms with Crippen LogP contribution in [-0.2, 0) is 5.88 Å². The Kier molecular flexibility index (Phi) is 3.04. The predicted octanol–water partition coefficient (Wildman–Crippen LogP) is 3.16. The Morgan fingerprint density at radius 3 is 2.75 bits per heavy atom. The van der Waals surface area contributed by atoms with E-state index in [0.29, 0.717) is 11.7 Å². The van der Waals surface area contributed by atoms with Crippen molar-refractivity contribution in [1.82, 2.24) is 9.97 Å². The van der Waals surface area contributed by atoms with E-state index in [1.165, 1.54) is 0 Å². The number of thiophene rings is 1. The van der Waals surface area contributed by atoms with E-state index in [1.807, 2.05) is 6.92 Å². The zero-order valence-corrected chi connectivity index (χ0v) is 11.0. The molecule has 0 unspecified atom stereocenters. The molecule has 2 aromatic heterocycles. The van der Waals surface area contributed by atoms with Gasteiger partial charge in [0, 0.05) is 4.88 Å². The maximum atomic E-state index is 11.9. The summed E-state index contributed by atoms with van der Waals surface area (Å²) in [6, 6.07) is 0. The lowest BCUT2D eigenvalue weighted by Crippen LogP contribution is -2.11. The minimum atomic E-state index is -0.0753. The van der Waals surface area contributed by atoms with Crippen molar-refractivity contribution in [3.05, 3.63) is 26.6 Å². The standard InChI is InChI=1S/C11H13ClN2OS/c1-5(2)8-6(3)16-11-9(8)10(15)13-7(4-12)14-11/h5H,4H2,1-3H3,(H,13,14,15). The molecule has 0 aliphatic heterocycles. The molecule has 0 aromatic carbocycles. The lowest BCUT2D eigenvalue weighted by atomic mass is 10.0. The summed E-state index contributed by atoms with van der Waals surface area (Å²) >= 11 is 7.24. The van der Waals surface area contributed by atoms with Crippen molar-refractivity contribution in [2.75, 3.05) is 0 Å². The third kappa shape index (κ3) is 1.76. The number of H-pyrrole nitrogens is 1. The molecule has 0 saturated carbocycles. The van der Waals surface area contributed by atoms with E-state index in [9.17, 15) is 4.79 Å². The Morgan fingerprint density at radius 1 is 1.50 bits per heavy atom. The highest BCUT2D eigenvalue weighted by Crippen LogP contribution is 2.32. The van der Waals surface area contributed by atoms with E-state index in [-0.39, 0.29) is 11.4 Å². The molecule has 0 aliphatic rings. The molecule has 0 aliphatic carbocycles. The van der Waals surface area contributed by atoms with Crippen LogP contribution in [0.25, 0.3) is 10.2 Å². The Hall–Kier alpha value is -0.870. The Labute approximate surface area is 102 Å². The van der Waals surface area contributed by atoms with Crippen LogP contribution in [0.15, 0.2) is 4.79 Å². The van der Waals surface area contributed by atoms with E-state index >= 15 is 0 Å². The molecular formula is C11H13ClN2OS. The van der Waals surface area contributed by atoms with Crippen molar-refractivity contribution < 1.29 is 0 Å². The van der Waals surface area contributed by atoms with Gasteiger partial charge >= 0.3 is 0 Å². The van der Waals surface area contributed by atoms with Crippen LogP contribution in [-0.4, -0.2) is 9.97 Å². The molecule has 0 atom stereocenters. The van der Waals surface area contributed by atoms with Gasteiger partial charge in [-0.2, -0.15) is 0 Å². The minimum Gasteiger partial charge on any atom is -0.309 e. The average molecular weight is 257 g/mol. The zero-order chi connectivity index (χ0) is 11.9. The number of rotatable bonds is 2. The highest BCUT2D eigenvalue weighted by atomic mass is 35.5. The lowest BCUT2D eigenvalue weighted by molar-refractivity contribution is 0.869. The third-order valence-electron chi connectivity index (χ3n) is 2.54. The van der Waals surface area contributed by atoms with Gasteiger partial charge in [-0.25, -0.2) is 4.98 Å². The van der Waals surface area contributed by atoms with Crippen LogP contribution in [0.2, 0.25) is 0 Å². The first-order chi connectivity index (χ1) is 7.54. The molecule has 2 aromatic rings. The second-order valence-corrected chi connectivity index (χ2v) is 5.52. The fourth-order valence-corrected chi connectivity index (χ4v) is 3.27. The number of aromatic nitrogens is 2. The van der Waals surface area contributed by atoms with Crippen molar-refractivity contribution in [3.8, 4) is 0 Å². The third-order valence-corrected chi connectivity index (χ3v) is 3.81. The van der Waals surface area contributed by atoms with Gasteiger partial charge < -0.3 is 4.98 Å². The van der Waals surface area contributed by atoms with Crippen LogP contribution in [0.4, 0.5) is 0 Å². The topological polar surface area (TPSA) is 45.8 Å². The van der Waals surface area contributed by atoms with Crippen molar-refractivity contribution in [3.63, 3.8) is 0 Å². The molecular weight excluding hydrogens is 244 g/mol. The first-order valence-electron chi connectivity index (χ1n) is 5.12. The van der Waals surface area contributed by atoms with Crippen LogP contribution in [0.5, 0.6) is 0 Å². The second-order valence-electron chi connectivity index (χ2n) is 4.05. The van der Waals surface area contributed by atoms with E-state index in [0.717, 1.165) is 20.7 Å². The number of halogens is 1. The Balaban J connectivity index is 2.85. The molecule has 0 spiro atoms. The molecule has 1 N–H and O–H groups in total. The second kappa shape index (κ2) is 4.18. The number of alkyl halides is 1. The van der Waals surface area contributed by atoms with E-state index in [4.69, 9.17) is 11.6 Å². The summed E-state index contributed by atoms with van der Waals surface area (Å²) in [6.07, 6.45) is 0. The van der Waals surface area contributed by atoms with E-state index < -0.39 is 0 Å². The lowest BCUT2D eigenvalue weighted by Gasteiger charge is -2.04. The highest BCUT2D eigenvalue weighted by molar-refractivity contribution is 7.18. The van der Waals surface area contributed by atoms with Crippen LogP contribution in [0.3, 0.4) is 0 Å². The van der Waals surface area contributed by atoms with E-state index in [1.54, 1.807) is 11.3 Å². The molecule has 86 valence electrons. The monoisotopic (exact) mass is 256 g/mol. The van der Waals surface area contributed by atoms with Crippen molar-refractivity contribution in [1.29, 1.82) is 0 Å². The first kappa shape index (κ1) is 11.6. The molecule has 5 heteroatoms. The molecule has 0 radical (unpaired) electrons. The molecule has 0 fully saturated rings. The average Bonchev–Trinajstić information content (AvgIpc) is 2.54. The Bertz CT molecular complexity index is 585. The van der Waals surface area contributed by atoms with Gasteiger partial charge in [0.05, 0.1) is 11.3 Å². The zero-order valence-electron chi connectivity index (χ0n) is 9.43. The maximum absolute atomic E-state index is 11.9. The van der Waals surface area contributed by atoms with Gasteiger partial charge in [-0.1, -0.05) is 13.8 Å². The van der Waals surface area contributed by atoms with Gasteiger partial charge in [0.1, 0.15) is 10.7 Å². The fourth-order valence-electron chi connectivity index (χ4n) is 1.94. The summed E-state index contributed by atoms with van der Waals surface area (Å²) in [5, 5.41) is 0.728. The van der Waals surface area contributed by atoms with Crippen LogP contribution >= 0.6 is 22.9 Å². The number of hydrogen-bond donors (Lipinski definition) is 1. The molecule has 0 amide bonds. The fraction of sp³-hybridized carbons (Fsp3) is 0.455. The van der Waals surface area contributed by atoms with Crippen LogP contribution in [0, 0.1) is 6.92 Å².